The lowest BCUT2D eigenvalue weighted by molar-refractivity contribution is -0.153. The van der Waals surface area contributed by atoms with Crippen molar-refractivity contribution in [1.29, 1.82) is 0 Å². The van der Waals surface area contributed by atoms with Crippen molar-refractivity contribution in [3.8, 4) is 0 Å². The minimum Gasteiger partial charge on any atom is -0.464 e. The van der Waals surface area contributed by atoms with Gasteiger partial charge in [0.05, 0.1) is 6.61 Å². The van der Waals surface area contributed by atoms with Gasteiger partial charge in [-0.05, 0) is 5.92 Å². The first-order valence-electron chi connectivity index (χ1n) is 4.99. The van der Waals surface area contributed by atoms with Crippen molar-refractivity contribution in [2.24, 2.45) is 5.92 Å². The first kappa shape index (κ1) is 11.7. The quantitative estimate of drug-likeness (QED) is 0.499. The van der Waals surface area contributed by atoms with Crippen LogP contribution in [0.2, 0.25) is 0 Å². The summed E-state index contributed by atoms with van der Waals surface area (Å²) in [5.74, 6) is -0.853. The molecular formula is C10H15NO4. The number of ether oxygens (including phenoxy) is 1. The molecule has 0 radical (unpaired) electrons. The molecule has 1 saturated heterocycles. The van der Waals surface area contributed by atoms with Crippen LogP contribution in [-0.2, 0) is 19.1 Å². The van der Waals surface area contributed by atoms with Gasteiger partial charge in [0.25, 0.3) is 0 Å². The Kier molecular flexibility index (Phi) is 3.82. The van der Waals surface area contributed by atoms with E-state index in [4.69, 9.17) is 4.74 Å². The van der Waals surface area contributed by atoms with Crippen LogP contribution >= 0.6 is 0 Å². The highest BCUT2D eigenvalue weighted by molar-refractivity contribution is 6.04. The molecule has 0 aromatic heterocycles. The molecule has 84 valence electrons. The van der Waals surface area contributed by atoms with Gasteiger partial charge in [-0.1, -0.05) is 13.8 Å². The summed E-state index contributed by atoms with van der Waals surface area (Å²) < 4.78 is 4.88. The maximum absolute atomic E-state index is 11.2. The number of rotatable bonds is 4. The maximum Gasteiger partial charge on any atom is 0.326 e. The van der Waals surface area contributed by atoms with Crippen LogP contribution in [0, 0.1) is 5.92 Å². The molecule has 1 heterocycles. The summed E-state index contributed by atoms with van der Waals surface area (Å²) >= 11 is 0. The Bertz CT molecular complexity index is 269. The second-order valence-electron chi connectivity index (χ2n) is 3.95. The normalized spacial score (nSPS) is 16.3. The van der Waals surface area contributed by atoms with Crippen LogP contribution in [0.3, 0.4) is 0 Å². The molecule has 15 heavy (non-hydrogen) atoms. The maximum atomic E-state index is 11.2. The van der Waals surface area contributed by atoms with Crippen molar-refractivity contribution >= 4 is 17.8 Å². The summed E-state index contributed by atoms with van der Waals surface area (Å²) in [5, 5.41) is 0. The summed E-state index contributed by atoms with van der Waals surface area (Å²) in [6.45, 7) is 3.90. The van der Waals surface area contributed by atoms with Gasteiger partial charge in [0.15, 0.2) is 0 Å². The highest BCUT2D eigenvalue weighted by Crippen LogP contribution is 2.11. The molecule has 5 nitrogen and oxygen atoms in total. The highest BCUT2D eigenvalue weighted by atomic mass is 16.5. The van der Waals surface area contributed by atoms with Crippen molar-refractivity contribution in [3.63, 3.8) is 0 Å². The average molecular weight is 213 g/mol. The van der Waals surface area contributed by atoms with E-state index >= 15 is 0 Å². The second-order valence-corrected chi connectivity index (χ2v) is 3.95. The summed E-state index contributed by atoms with van der Waals surface area (Å²) in [4.78, 5) is 34.5. The molecule has 1 rings (SSSR count). The molecule has 1 aliphatic rings. The van der Waals surface area contributed by atoms with Crippen LogP contribution < -0.4 is 0 Å². The van der Waals surface area contributed by atoms with Crippen molar-refractivity contribution in [1.82, 2.24) is 4.90 Å². The van der Waals surface area contributed by atoms with Crippen molar-refractivity contribution < 1.29 is 19.1 Å². The zero-order chi connectivity index (χ0) is 11.4. The predicted octanol–water partition coefficient (Wildman–Crippen LogP) is 0.335. The number of carbonyl (C=O) groups is 3. The van der Waals surface area contributed by atoms with Crippen LogP contribution in [0.15, 0.2) is 0 Å². The van der Waals surface area contributed by atoms with E-state index in [1.54, 1.807) is 0 Å². The fraction of sp³-hybridized carbons (Fsp3) is 0.700. The Morgan fingerprint density at radius 1 is 1.33 bits per heavy atom. The van der Waals surface area contributed by atoms with Crippen LogP contribution in [0.5, 0.6) is 0 Å². The number of esters is 1. The Morgan fingerprint density at radius 2 is 1.87 bits per heavy atom. The fourth-order valence-electron chi connectivity index (χ4n) is 1.23. The number of amides is 2. The molecule has 0 unspecified atom stereocenters. The predicted molar refractivity (Wildman–Crippen MR) is 51.8 cm³/mol. The van der Waals surface area contributed by atoms with Gasteiger partial charge in [0.1, 0.15) is 6.54 Å². The van der Waals surface area contributed by atoms with E-state index < -0.39 is 5.97 Å². The molecule has 0 aromatic rings. The lowest BCUT2D eigenvalue weighted by atomic mass is 10.2. The summed E-state index contributed by atoms with van der Waals surface area (Å²) in [6.07, 6.45) is 0.409. The third-order valence-corrected chi connectivity index (χ3v) is 2.02. The minimum atomic E-state index is -0.521. The monoisotopic (exact) mass is 213 g/mol. The fourth-order valence-corrected chi connectivity index (χ4v) is 1.23. The number of hydrogen-bond donors (Lipinski definition) is 0. The highest BCUT2D eigenvalue weighted by Gasteiger charge is 2.30. The third-order valence-electron chi connectivity index (χ3n) is 2.02. The van der Waals surface area contributed by atoms with E-state index in [-0.39, 0.29) is 37.1 Å². The smallest absolute Gasteiger partial charge is 0.326 e. The molecule has 2 amide bonds. The van der Waals surface area contributed by atoms with E-state index in [1.807, 2.05) is 13.8 Å². The van der Waals surface area contributed by atoms with Gasteiger partial charge in [0, 0.05) is 12.8 Å². The molecule has 1 aliphatic heterocycles. The van der Waals surface area contributed by atoms with Gasteiger partial charge in [-0.15, -0.1) is 0 Å². The molecule has 0 spiro atoms. The van der Waals surface area contributed by atoms with Crippen LogP contribution in [-0.4, -0.2) is 35.8 Å². The standard InChI is InChI=1S/C10H15NO4/c1-7(2)6-15-10(14)5-11-8(12)3-4-9(11)13/h7H,3-6H2,1-2H3. The van der Waals surface area contributed by atoms with Crippen molar-refractivity contribution in [3.05, 3.63) is 0 Å². The van der Waals surface area contributed by atoms with Gasteiger partial charge < -0.3 is 4.74 Å². The first-order valence-corrected chi connectivity index (χ1v) is 4.99. The van der Waals surface area contributed by atoms with Crippen LogP contribution in [0.25, 0.3) is 0 Å². The molecule has 0 N–H and O–H groups in total. The van der Waals surface area contributed by atoms with E-state index in [2.05, 4.69) is 0 Å². The molecule has 0 saturated carbocycles. The minimum absolute atomic E-state index is 0.205. The Labute approximate surface area is 88.4 Å². The molecule has 0 atom stereocenters. The van der Waals surface area contributed by atoms with E-state index in [1.165, 1.54) is 0 Å². The zero-order valence-corrected chi connectivity index (χ0v) is 8.99. The van der Waals surface area contributed by atoms with Crippen molar-refractivity contribution in [2.75, 3.05) is 13.2 Å². The number of carbonyl (C=O) groups excluding carboxylic acids is 3. The number of hydrogen-bond acceptors (Lipinski definition) is 4. The average Bonchev–Trinajstić information content (AvgIpc) is 2.46. The largest absolute Gasteiger partial charge is 0.464 e. The molecule has 0 aliphatic carbocycles. The Balaban J connectivity index is 2.37. The second kappa shape index (κ2) is 4.91. The molecule has 1 fully saturated rings. The number of imide groups is 1. The lowest BCUT2D eigenvalue weighted by Gasteiger charge is -2.13. The topological polar surface area (TPSA) is 63.7 Å². The van der Waals surface area contributed by atoms with Crippen LogP contribution in [0.4, 0.5) is 0 Å². The zero-order valence-electron chi connectivity index (χ0n) is 8.99. The molecular weight excluding hydrogens is 198 g/mol. The summed E-state index contributed by atoms with van der Waals surface area (Å²) in [5.41, 5.74) is 0. The van der Waals surface area contributed by atoms with E-state index in [0.29, 0.717) is 6.61 Å². The SMILES string of the molecule is CC(C)COC(=O)CN1C(=O)CCC1=O. The van der Waals surface area contributed by atoms with Crippen LogP contribution in [0.1, 0.15) is 26.7 Å². The van der Waals surface area contributed by atoms with Gasteiger partial charge in [-0.25, -0.2) is 0 Å². The number of nitrogens with zero attached hydrogens (tertiary/aromatic N) is 1. The molecule has 0 aromatic carbocycles. The van der Waals surface area contributed by atoms with Crippen molar-refractivity contribution in [2.45, 2.75) is 26.7 Å². The lowest BCUT2D eigenvalue weighted by Crippen LogP contribution is -2.35. The third kappa shape index (κ3) is 3.34. The molecule has 0 bridgehead atoms. The van der Waals surface area contributed by atoms with E-state index in [9.17, 15) is 14.4 Å². The van der Waals surface area contributed by atoms with Gasteiger partial charge in [0.2, 0.25) is 11.8 Å². The van der Waals surface area contributed by atoms with Gasteiger partial charge >= 0.3 is 5.97 Å². The first-order chi connectivity index (χ1) is 7.00. The number of likely N-dealkylation sites (tertiary alicyclic amines) is 1. The Morgan fingerprint density at radius 3 is 2.33 bits per heavy atom. The van der Waals surface area contributed by atoms with Gasteiger partial charge in [-0.2, -0.15) is 0 Å². The summed E-state index contributed by atoms with van der Waals surface area (Å²) in [7, 11) is 0. The molecule has 5 heteroatoms. The Hall–Kier alpha value is -1.39. The van der Waals surface area contributed by atoms with E-state index in [0.717, 1.165) is 4.90 Å². The van der Waals surface area contributed by atoms with Gasteiger partial charge in [-0.3, -0.25) is 19.3 Å². The summed E-state index contributed by atoms with van der Waals surface area (Å²) in [6, 6.07) is 0.